The highest BCUT2D eigenvalue weighted by Crippen LogP contribution is 2.29. The van der Waals surface area contributed by atoms with Crippen molar-refractivity contribution in [3.63, 3.8) is 0 Å². The van der Waals surface area contributed by atoms with E-state index in [2.05, 4.69) is 33.1 Å². The van der Waals surface area contributed by atoms with Crippen molar-refractivity contribution in [1.82, 2.24) is 19.9 Å². The van der Waals surface area contributed by atoms with Gasteiger partial charge >= 0.3 is 0 Å². The number of aliphatic hydroxyl groups is 2. The van der Waals surface area contributed by atoms with E-state index in [4.69, 9.17) is 20.1 Å². The van der Waals surface area contributed by atoms with Gasteiger partial charge in [-0.15, -0.1) is 0 Å². The van der Waals surface area contributed by atoms with E-state index in [9.17, 15) is 5.11 Å². The lowest BCUT2D eigenvalue weighted by molar-refractivity contribution is 0.126. The normalized spacial score (nSPS) is 17.6. The van der Waals surface area contributed by atoms with Crippen molar-refractivity contribution in [2.75, 3.05) is 29.1 Å². The number of nitrogens with one attached hydrogen (secondary N) is 3. The number of nitrogens with zero attached hydrogens (tertiary/aromatic N) is 4. The summed E-state index contributed by atoms with van der Waals surface area (Å²) in [5.41, 5.74) is 2.92. The molecule has 3 aromatic heterocycles. The number of aliphatic hydroxyl groups excluding tert-OH is 2. The van der Waals surface area contributed by atoms with Gasteiger partial charge < -0.3 is 26.2 Å². The number of aromatic nitrogens is 4. The predicted octanol–water partition coefficient (Wildman–Crippen LogP) is 4.72. The lowest BCUT2D eigenvalue weighted by Crippen LogP contribution is -2.29. The lowest BCUT2D eigenvalue weighted by Gasteiger charge is -2.26. The van der Waals surface area contributed by atoms with E-state index >= 15 is 0 Å². The molecule has 1 fully saturated rings. The third kappa shape index (κ3) is 7.12. The van der Waals surface area contributed by atoms with E-state index in [-0.39, 0.29) is 18.8 Å². The fraction of sp³-hybridized carbons (Fsp3) is 0.407. The first kappa shape index (κ1) is 25.3. The number of benzene rings is 1. The Kier molecular flexibility index (Phi) is 8.39. The summed E-state index contributed by atoms with van der Waals surface area (Å²) >= 11 is 1.48. The van der Waals surface area contributed by atoms with E-state index in [1.54, 1.807) is 0 Å². The molecule has 0 radical (unpaired) electrons. The predicted molar refractivity (Wildman–Crippen MR) is 149 cm³/mol. The van der Waals surface area contributed by atoms with Gasteiger partial charge in [0.25, 0.3) is 0 Å². The summed E-state index contributed by atoms with van der Waals surface area (Å²) < 4.78 is 0. The molecular formula is C27H33N7O2S. The second-order valence-electron chi connectivity index (χ2n) is 9.40. The van der Waals surface area contributed by atoms with Crippen LogP contribution in [0.25, 0.3) is 10.3 Å². The third-order valence-corrected chi connectivity index (χ3v) is 7.30. The molecule has 0 aliphatic heterocycles. The fourth-order valence-electron chi connectivity index (χ4n) is 4.46. The molecule has 3 heterocycles. The van der Waals surface area contributed by atoms with E-state index in [1.807, 2.05) is 36.4 Å². The van der Waals surface area contributed by atoms with Crippen molar-refractivity contribution in [2.45, 2.75) is 57.1 Å². The molecule has 5 N–H and O–H groups in total. The van der Waals surface area contributed by atoms with Crippen LogP contribution in [0.3, 0.4) is 0 Å². The second kappa shape index (κ2) is 12.3. The van der Waals surface area contributed by atoms with Crippen LogP contribution in [-0.2, 0) is 6.42 Å². The maximum Gasteiger partial charge on any atom is 0.225 e. The van der Waals surface area contributed by atoms with Crippen molar-refractivity contribution in [3.8, 4) is 0 Å². The average Bonchev–Trinajstić information content (AvgIpc) is 3.30. The SMILES string of the molecule is OCCCCNc1ccc2nc(Nc3cc(Cc4ccccc4)nc(NC4CCC(O)CC4)n3)sc2n1. The Labute approximate surface area is 220 Å². The molecule has 0 unspecified atom stereocenters. The Morgan fingerprint density at radius 2 is 1.73 bits per heavy atom. The Hall–Kier alpha value is -3.34. The van der Waals surface area contributed by atoms with E-state index in [0.29, 0.717) is 18.2 Å². The minimum Gasteiger partial charge on any atom is -0.396 e. The van der Waals surface area contributed by atoms with Crippen LogP contribution in [0, 0.1) is 0 Å². The van der Waals surface area contributed by atoms with Gasteiger partial charge in [-0.25, -0.2) is 15.0 Å². The summed E-state index contributed by atoms with van der Waals surface area (Å²) in [5, 5.41) is 29.7. The molecule has 1 aliphatic carbocycles. The molecular weight excluding hydrogens is 486 g/mol. The Morgan fingerprint density at radius 1 is 0.892 bits per heavy atom. The number of fused-ring (bicyclic) bond motifs is 1. The van der Waals surface area contributed by atoms with Crippen molar-refractivity contribution in [1.29, 1.82) is 0 Å². The Bertz CT molecular complexity index is 1290. The van der Waals surface area contributed by atoms with Gasteiger partial charge in [0.15, 0.2) is 5.13 Å². The van der Waals surface area contributed by atoms with Gasteiger partial charge in [0.1, 0.15) is 22.0 Å². The van der Waals surface area contributed by atoms with E-state index < -0.39 is 0 Å². The van der Waals surface area contributed by atoms with Gasteiger partial charge in [-0.3, -0.25) is 0 Å². The van der Waals surface area contributed by atoms with Crippen molar-refractivity contribution in [3.05, 3.63) is 59.8 Å². The quantitative estimate of drug-likeness (QED) is 0.179. The van der Waals surface area contributed by atoms with Crippen molar-refractivity contribution in [2.24, 2.45) is 0 Å². The second-order valence-corrected chi connectivity index (χ2v) is 10.4. The summed E-state index contributed by atoms with van der Waals surface area (Å²) in [7, 11) is 0. The molecule has 1 aromatic carbocycles. The molecule has 0 amide bonds. The summed E-state index contributed by atoms with van der Waals surface area (Å²) in [6.07, 6.45) is 5.54. The topological polar surface area (TPSA) is 128 Å². The molecule has 37 heavy (non-hydrogen) atoms. The monoisotopic (exact) mass is 519 g/mol. The smallest absolute Gasteiger partial charge is 0.225 e. The maximum atomic E-state index is 9.86. The van der Waals surface area contributed by atoms with Gasteiger partial charge in [-0.05, 0) is 56.2 Å². The van der Waals surface area contributed by atoms with Crippen LogP contribution in [0.2, 0.25) is 0 Å². The van der Waals surface area contributed by atoms with Crippen LogP contribution in [-0.4, -0.2) is 55.4 Å². The molecule has 1 saturated carbocycles. The third-order valence-electron chi connectivity index (χ3n) is 6.42. The summed E-state index contributed by atoms with van der Waals surface area (Å²) in [5.74, 6) is 2.07. The van der Waals surface area contributed by atoms with Gasteiger partial charge in [0.2, 0.25) is 5.95 Å². The maximum absolute atomic E-state index is 9.86. The van der Waals surface area contributed by atoms with Gasteiger partial charge in [0, 0.05) is 31.7 Å². The van der Waals surface area contributed by atoms with Crippen molar-refractivity contribution < 1.29 is 10.2 Å². The molecule has 0 bridgehead atoms. The standard InChI is InChI=1S/C27H33N7O2S/c35-15-5-4-14-28-23-13-12-22-25(32-23)37-27(31-22)34-24-17-20(16-18-6-2-1-3-7-18)30-26(33-24)29-19-8-10-21(36)11-9-19/h1-3,6-7,12-13,17,19,21,35-36H,4-5,8-11,14-16H2,(H,28,32)(H2,29,30,31,33,34). The zero-order valence-electron chi connectivity index (χ0n) is 20.7. The molecule has 194 valence electrons. The number of pyridine rings is 1. The zero-order valence-corrected chi connectivity index (χ0v) is 21.5. The van der Waals surface area contributed by atoms with E-state index in [1.165, 1.54) is 16.9 Å². The average molecular weight is 520 g/mol. The minimum absolute atomic E-state index is 0.204. The van der Waals surface area contributed by atoms with Crippen molar-refractivity contribution >= 4 is 44.4 Å². The number of hydrogen-bond acceptors (Lipinski definition) is 10. The van der Waals surface area contributed by atoms with Gasteiger partial charge in [-0.1, -0.05) is 41.7 Å². The molecule has 0 atom stereocenters. The first-order chi connectivity index (χ1) is 18.1. The van der Waals surface area contributed by atoms with Crippen LogP contribution in [0.5, 0.6) is 0 Å². The number of anilines is 4. The number of rotatable bonds is 11. The number of hydrogen-bond donors (Lipinski definition) is 5. The van der Waals surface area contributed by atoms with Crippen LogP contribution in [0.15, 0.2) is 48.5 Å². The van der Waals surface area contributed by atoms with Crippen LogP contribution < -0.4 is 16.0 Å². The zero-order chi connectivity index (χ0) is 25.5. The molecule has 0 saturated heterocycles. The highest BCUT2D eigenvalue weighted by molar-refractivity contribution is 7.21. The lowest BCUT2D eigenvalue weighted by atomic mass is 9.93. The molecule has 9 nitrogen and oxygen atoms in total. The summed E-state index contributed by atoms with van der Waals surface area (Å²) in [6, 6.07) is 16.4. The van der Waals surface area contributed by atoms with Gasteiger partial charge in [0.05, 0.1) is 11.8 Å². The summed E-state index contributed by atoms with van der Waals surface area (Å²) in [4.78, 5) is 19.8. The molecule has 5 rings (SSSR count). The Balaban J connectivity index is 1.34. The molecule has 10 heteroatoms. The number of unbranched alkanes of at least 4 members (excludes halogenated alkanes) is 1. The highest BCUT2D eigenvalue weighted by atomic mass is 32.1. The van der Waals surface area contributed by atoms with Crippen LogP contribution in [0.4, 0.5) is 22.7 Å². The largest absolute Gasteiger partial charge is 0.396 e. The molecule has 1 aliphatic rings. The van der Waals surface area contributed by atoms with Crippen LogP contribution in [0.1, 0.15) is 49.8 Å². The first-order valence-corrected chi connectivity index (χ1v) is 13.7. The number of thiazole rings is 1. The molecule has 0 spiro atoms. The summed E-state index contributed by atoms with van der Waals surface area (Å²) in [6.45, 7) is 0.971. The molecule has 4 aromatic rings. The van der Waals surface area contributed by atoms with Gasteiger partial charge in [-0.2, -0.15) is 4.98 Å². The highest BCUT2D eigenvalue weighted by Gasteiger charge is 2.20. The fourth-order valence-corrected chi connectivity index (χ4v) is 5.30. The first-order valence-electron chi connectivity index (χ1n) is 12.9. The van der Waals surface area contributed by atoms with E-state index in [0.717, 1.165) is 72.1 Å². The van der Waals surface area contributed by atoms with Crippen LogP contribution >= 0.6 is 11.3 Å². The minimum atomic E-state index is -0.204. The Morgan fingerprint density at radius 3 is 2.54 bits per heavy atom.